The van der Waals surface area contributed by atoms with E-state index in [4.69, 9.17) is 4.74 Å². The van der Waals surface area contributed by atoms with Gasteiger partial charge >= 0.3 is 6.09 Å². The van der Waals surface area contributed by atoms with Crippen LogP contribution in [0.4, 0.5) is 23.7 Å². The van der Waals surface area contributed by atoms with Crippen molar-refractivity contribution in [2.75, 3.05) is 11.5 Å². The van der Waals surface area contributed by atoms with Gasteiger partial charge in [-0.2, -0.15) is 5.10 Å². The third-order valence-corrected chi connectivity index (χ3v) is 5.21. The van der Waals surface area contributed by atoms with Crippen molar-refractivity contribution in [3.8, 4) is 11.1 Å². The molecule has 0 bridgehead atoms. The highest BCUT2D eigenvalue weighted by Crippen LogP contribution is 2.36. The number of imidazole rings is 1. The van der Waals surface area contributed by atoms with E-state index in [1.54, 1.807) is 36.7 Å². The Labute approximate surface area is 174 Å². The Morgan fingerprint density at radius 2 is 2.06 bits per heavy atom. The topological polar surface area (TPSA) is 76.0 Å². The van der Waals surface area contributed by atoms with Gasteiger partial charge in [0.1, 0.15) is 25.0 Å². The maximum Gasteiger partial charge on any atom is 0.415 e. The summed E-state index contributed by atoms with van der Waals surface area (Å²) in [7, 11) is 0. The van der Waals surface area contributed by atoms with Crippen LogP contribution in [0.15, 0.2) is 55.1 Å². The molecule has 1 unspecified atom stereocenters. The van der Waals surface area contributed by atoms with Crippen molar-refractivity contribution in [3.05, 3.63) is 66.5 Å². The molecule has 1 saturated heterocycles. The van der Waals surface area contributed by atoms with Gasteiger partial charge in [0.25, 0.3) is 6.43 Å². The Morgan fingerprint density at radius 3 is 2.87 bits per heavy atom. The Kier molecular flexibility index (Phi) is 4.61. The normalized spacial score (nSPS) is 16.5. The molecule has 1 N–H and O–H groups in total. The Morgan fingerprint density at radius 1 is 1.19 bits per heavy atom. The fourth-order valence-corrected chi connectivity index (χ4v) is 3.74. The van der Waals surface area contributed by atoms with Gasteiger partial charge in [0.05, 0.1) is 29.2 Å². The predicted octanol–water partition coefficient (Wildman–Crippen LogP) is 4.53. The second kappa shape index (κ2) is 7.46. The van der Waals surface area contributed by atoms with Crippen LogP contribution in [0, 0.1) is 5.82 Å². The van der Waals surface area contributed by atoms with Gasteiger partial charge in [-0.1, -0.05) is 12.1 Å². The minimum atomic E-state index is -2.53. The zero-order valence-corrected chi connectivity index (χ0v) is 16.0. The van der Waals surface area contributed by atoms with Crippen LogP contribution >= 0.6 is 0 Å². The number of rotatable bonds is 5. The standard InChI is InChI=1S/C21H16F3N5O2/c22-16-5-12(13-7-27-28(8-13)9-20(23)24)1-3-15(16)19-10-31-21(30)29(19)14-2-4-17-18(6-14)26-11-25-17/h1-8,11,19-20H,9-10H2,(H,25,26). The monoisotopic (exact) mass is 427 g/mol. The summed E-state index contributed by atoms with van der Waals surface area (Å²) < 4.78 is 46.4. The molecular formula is C21H16F3N5O2. The largest absolute Gasteiger partial charge is 0.447 e. The van der Waals surface area contributed by atoms with E-state index in [0.717, 1.165) is 15.7 Å². The summed E-state index contributed by atoms with van der Waals surface area (Å²) in [4.78, 5) is 20.9. The number of aromatic amines is 1. The SMILES string of the molecule is O=C1OCC(c2ccc(-c3cnn(CC(F)F)c3)cc2F)N1c1ccc2nc[nH]c2c1. The van der Waals surface area contributed by atoms with Gasteiger partial charge in [-0.05, 0) is 29.8 Å². The summed E-state index contributed by atoms with van der Waals surface area (Å²) in [5.74, 6) is -0.532. The van der Waals surface area contributed by atoms with Gasteiger partial charge in [0.2, 0.25) is 0 Å². The molecule has 4 aromatic rings. The van der Waals surface area contributed by atoms with Crippen molar-refractivity contribution in [2.45, 2.75) is 19.0 Å². The zero-order chi connectivity index (χ0) is 21.5. The van der Waals surface area contributed by atoms with Gasteiger partial charge < -0.3 is 9.72 Å². The molecule has 7 nitrogen and oxygen atoms in total. The summed E-state index contributed by atoms with van der Waals surface area (Å²) in [6, 6.07) is 9.14. The van der Waals surface area contributed by atoms with Gasteiger partial charge in [0.15, 0.2) is 0 Å². The third kappa shape index (κ3) is 3.49. The molecule has 0 spiro atoms. The lowest BCUT2D eigenvalue weighted by Crippen LogP contribution is -2.27. The van der Waals surface area contributed by atoms with E-state index in [0.29, 0.717) is 22.4 Å². The van der Waals surface area contributed by atoms with Crippen LogP contribution in [0.1, 0.15) is 11.6 Å². The van der Waals surface area contributed by atoms with E-state index in [9.17, 15) is 13.6 Å². The van der Waals surface area contributed by atoms with E-state index in [1.807, 2.05) is 0 Å². The number of H-pyrrole nitrogens is 1. The molecule has 5 rings (SSSR count). The van der Waals surface area contributed by atoms with Crippen LogP contribution in [0.25, 0.3) is 22.2 Å². The molecule has 1 atom stereocenters. The molecule has 2 aromatic carbocycles. The summed E-state index contributed by atoms with van der Waals surface area (Å²) in [5.41, 5.74) is 3.35. The Bertz CT molecular complexity index is 1270. The van der Waals surface area contributed by atoms with Crippen LogP contribution in [0.2, 0.25) is 0 Å². The number of anilines is 1. The van der Waals surface area contributed by atoms with Crippen LogP contribution in [0.3, 0.4) is 0 Å². The number of halogens is 3. The molecule has 1 amide bonds. The van der Waals surface area contributed by atoms with E-state index < -0.39 is 30.9 Å². The number of ether oxygens (including phenoxy) is 1. The van der Waals surface area contributed by atoms with Crippen LogP contribution in [0.5, 0.6) is 0 Å². The number of hydrogen-bond donors (Lipinski definition) is 1. The average molecular weight is 427 g/mol. The highest BCUT2D eigenvalue weighted by molar-refractivity contribution is 5.93. The van der Waals surface area contributed by atoms with E-state index >= 15 is 4.39 Å². The van der Waals surface area contributed by atoms with E-state index in [1.165, 1.54) is 23.4 Å². The first-order valence-electron chi connectivity index (χ1n) is 9.49. The maximum absolute atomic E-state index is 15.1. The van der Waals surface area contributed by atoms with E-state index in [2.05, 4.69) is 15.1 Å². The molecule has 2 aromatic heterocycles. The number of carbonyl (C=O) groups excluding carboxylic acids is 1. The number of benzene rings is 2. The second-order valence-electron chi connectivity index (χ2n) is 7.15. The zero-order valence-electron chi connectivity index (χ0n) is 16.0. The highest BCUT2D eigenvalue weighted by Gasteiger charge is 2.37. The molecule has 0 saturated carbocycles. The van der Waals surface area contributed by atoms with Crippen molar-refractivity contribution < 1.29 is 22.7 Å². The number of alkyl halides is 2. The predicted molar refractivity (Wildman–Crippen MR) is 106 cm³/mol. The lowest BCUT2D eigenvalue weighted by atomic mass is 10.0. The van der Waals surface area contributed by atoms with Crippen LogP contribution in [-0.2, 0) is 11.3 Å². The minimum absolute atomic E-state index is 0.00241. The fraction of sp³-hybridized carbons (Fsp3) is 0.190. The summed E-state index contributed by atoms with van der Waals surface area (Å²) >= 11 is 0. The van der Waals surface area contributed by atoms with Gasteiger partial charge in [-0.3, -0.25) is 9.58 Å². The highest BCUT2D eigenvalue weighted by atomic mass is 19.3. The number of fused-ring (bicyclic) bond motifs is 1. The van der Waals surface area contributed by atoms with Gasteiger partial charge in [-0.15, -0.1) is 0 Å². The first-order chi connectivity index (χ1) is 15.0. The Hall–Kier alpha value is -3.82. The number of aromatic nitrogens is 4. The van der Waals surface area contributed by atoms with Crippen molar-refractivity contribution in [1.82, 2.24) is 19.7 Å². The smallest absolute Gasteiger partial charge is 0.415 e. The summed E-state index contributed by atoms with van der Waals surface area (Å²) in [6.45, 7) is -0.528. The van der Waals surface area contributed by atoms with E-state index in [-0.39, 0.29) is 6.61 Å². The number of nitrogens with one attached hydrogen (secondary N) is 1. The quantitative estimate of drug-likeness (QED) is 0.508. The molecule has 3 heterocycles. The fourth-order valence-electron chi connectivity index (χ4n) is 3.74. The van der Waals surface area contributed by atoms with Crippen molar-refractivity contribution in [2.24, 2.45) is 0 Å². The molecule has 10 heteroatoms. The number of hydrogen-bond acceptors (Lipinski definition) is 4. The summed E-state index contributed by atoms with van der Waals surface area (Å²) in [6.07, 6.45) is 1.30. The maximum atomic E-state index is 15.1. The third-order valence-electron chi connectivity index (χ3n) is 5.21. The van der Waals surface area contributed by atoms with Gasteiger partial charge in [0, 0.05) is 17.3 Å². The molecule has 1 fully saturated rings. The Balaban J connectivity index is 1.46. The molecule has 31 heavy (non-hydrogen) atoms. The van der Waals surface area contributed by atoms with Crippen LogP contribution in [-0.4, -0.2) is 38.9 Å². The molecular weight excluding hydrogens is 411 g/mol. The first kappa shape index (κ1) is 19.2. The first-order valence-corrected chi connectivity index (χ1v) is 9.49. The number of carbonyl (C=O) groups is 1. The molecule has 1 aliphatic heterocycles. The van der Waals surface area contributed by atoms with Crippen molar-refractivity contribution >= 4 is 22.8 Å². The van der Waals surface area contributed by atoms with Crippen molar-refractivity contribution in [1.29, 1.82) is 0 Å². The summed E-state index contributed by atoms with van der Waals surface area (Å²) in [5, 5.41) is 3.88. The molecule has 1 aliphatic rings. The number of amides is 1. The van der Waals surface area contributed by atoms with Gasteiger partial charge in [-0.25, -0.2) is 22.9 Å². The van der Waals surface area contributed by atoms with Crippen molar-refractivity contribution in [3.63, 3.8) is 0 Å². The molecule has 0 aliphatic carbocycles. The molecule has 0 radical (unpaired) electrons. The minimum Gasteiger partial charge on any atom is -0.447 e. The average Bonchev–Trinajstić information content (AvgIpc) is 3.46. The lowest BCUT2D eigenvalue weighted by Gasteiger charge is -2.22. The second-order valence-corrected chi connectivity index (χ2v) is 7.15. The molecule has 158 valence electrons. The lowest BCUT2D eigenvalue weighted by molar-refractivity contribution is 0.122. The van der Waals surface area contributed by atoms with Crippen LogP contribution < -0.4 is 4.90 Å². The number of nitrogens with zero attached hydrogens (tertiary/aromatic N) is 4. The number of cyclic esters (lactones) is 1.